The first-order valence-corrected chi connectivity index (χ1v) is 10.0. The van der Waals surface area contributed by atoms with Gasteiger partial charge in [0.15, 0.2) is 0 Å². The predicted octanol–water partition coefficient (Wildman–Crippen LogP) is 4.60. The van der Waals surface area contributed by atoms with Crippen LogP contribution in [-0.4, -0.2) is 23.3 Å². The van der Waals surface area contributed by atoms with Crippen LogP contribution in [0.15, 0.2) is 48.5 Å². The number of amides is 2. The fraction of sp³-hybridized carbons (Fsp3) is 0.417. The summed E-state index contributed by atoms with van der Waals surface area (Å²) in [5, 5.41) is 3.07. The zero-order valence-electron chi connectivity index (χ0n) is 17.3. The van der Waals surface area contributed by atoms with Crippen LogP contribution < -0.4 is 5.32 Å². The van der Waals surface area contributed by atoms with E-state index in [0.29, 0.717) is 18.5 Å². The van der Waals surface area contributed by atoms with E-state index < -0.39 is 0 Å². The van der Waals surface area contributed by atoms with E-state index in [1.165, 1.54) is 5.56 Å². The minimum Gasteiger partial charge on any atom is -0.346 e. The number of benzene rings is 2. The van der Waals surface area contributed by atoms with Crippen molar-refractivity contribution in [3.63, 3.8) is 0 Å². The van der Waals surface area contributed by atoms with Crippen LogP contribution in [0, 0.1) is 0 Å². The van der Waals surface area contributed by atoms with E-state index in [9.17, 15) is 9.59 Å². The molecular formula is C24H30N2O2. The van der Waals surface area contributed by atoms with Crippen molar-refractivity contribution in [3.8, 4) is 0 Å². The van der Waals surface area contributed by atoms with Crippen molar-refractivity contribution in [3.05, 3.63) is 70.8 Å². The molecule has 148 valence electrons. The standard InChI is InChI=1S/C24H30N2O2/c1-17(19-11-13-21(14-12-19)24(2,3)4)25-23(28)20-9-7-18(8-10-20)16-26-15-5-6-22(26)27/h7-14,17H,5-6,15-16H2,1-4H3,(H,25,28)/t17-/m0/s1. The fourth-order valence-electron chi connectivity index (χ4n) is 3.49. The van der Waals surface area contributed by atoms with Gasteiger partial charge in [-0.3, -0.25) is 9.59 Å². The lowest BCUT2D eigenvalue weighted by molar-refractivity contribution is -0.128. The lowest BCUT2D eigenvalue weighted by Crippen LogP contribution is -2.27. The van der Waals surface area contributed by atoms with Crippen LogP contribution in [-0.2, 0) is 16.8 Å². The van der Waals surface area contributed by atoms with Gasteiger partial charge in [-0.2, -0.15) is 0 Å². The Morgan fingerprint density at radius 2 is 1.71 bits per heavy atom. The van der Waals surface area contributed by atoms with Crippen molar-refractivity contribution in [2.75, 3.05) is 6.54 Å². The highest BCUT2D eigenvalue weighted by molar-refractivity contribution is 5.94. The fourth-order valence-corrected chi connectivity index (χ4v) is 3.49. The van der Waals surface area contributed by atoms with Gasteiger partial charge in [-0.15, -0.1) is 0 Å². The first-order chi connectivity index (χ1) is 13.2. The van der Waals surface area contributed by atoms with E-state index in [0.717, 1.165) is 24.1 Å². The molecule has 2 aromatic carbocycles. The summed E-state index contributed by atoms with van der Waals surface area (Å²) in [6.07, 6.45) is 1.59. The number of carbonyl (C=O) groups is 2. The van der Waals surface area contributed by atoms with E-state index in [2.05, 4.69) is 50.4 Å². The Bertz CT molecular complexity index is 832. The van der Waals surface area contributed by atoms with Gasteiger partial charge >= 0.3 is 0 Å². The van der Waals surface area contributed by atoms with Gasteiger partial charge in [-0.05, 0) is 47.6 Å². The zero-order valence-corrected chi connectivity index (χ0v) is 17.3. The van der Waals surface area contributed by atoms with E-state index in [4.69, 9.17) is 0 Å². The summed E-state index contributed by atoms with van der Waals surface area (Å²) in [5.41, 5.74) is 4.17. The molecule has 0 unspecified atom stereocenters. The maximum Gasteiger partial charge on any atom is 0.251 e. The molecule has 1 aliphatic heterocycles. The van der Waals surface area contributed by atoms with Gasteiger partial charge < -0.3 is 10.2 Å². The maximum atomic E-state index is 12.6. The van der Waals surface area contributed by atoms with Crippen molar-refractivity contribution in [2.45, 2.75) is 58.5 Å². The zero-order chi connectivity index (χ0) is 20.3. The molecule has 1 saturated heterocycles. The Morgan fingerprint density at radius 1 is 1.07 bits per heavy atom. The minimum absolute atomic E-state index is 0.0663. The Labute approximate surface area is 167 Å². The number of carbonyl (C=O) groups excluding carboxylic acids is 2. The molecule has 4 heteroatoms. The molecule has 0 spiro atoms. The van der Waals surface area contributed by atoms with Crippen LogP contribution in [0.25, 0.3) is 0 Å². The second-order valence-corrected chi connectivity index (χ2v) is 8.68. The highest BCUT2D eigenvalue weighted by Gasteiger charge is 2.20. The number of likely N-dealkylation sites (tertiary alicyclic amines) is 1. The average Bonchev–Trinajstić information content (AvgIpc) is 3.06. The number of nitrogens with one attached hydrogen (secondary N) is 1. The van der Waals surface area contributed by atoms with Crippen LogP contribution in [0.4, 0.5) is 0 Å². The van der Waals surface area contributed by atoms with Gasteiger partial charge in [0.2, 0.25) is 5.91 Å². The summed E-state index contributed by atoms with van der Waals surface area (Å²) in [5.74, 6) is 0.129. The smallest absolute Gasteiger partial charge is 0.251 e. The monoisotopic (exact) mass is 378 g/mol. The van der Waals surface area contributed by atoms with Gasteiger partial charge in [0.05, 0.1) is 6.04 Å². The molecule has 0 aliphatic carbocycles. The summed E-state index contributed by atoms with van der Waals surface area (Å²) in [4.78, 5) is 26.2. The third-order valence-corrected chi connectivity index (χ3v) is 5.39. The summed E-state index contributed by atoms with van der Waals surface area (Å²) in [6.45, 7) is 10.0. The number of nitrogens with zero attached hydrogens (tertiary/aromatic N) is 1. The van der Waals surface area contributed by atoms with Gasteiger partial charge in [0.1, 0.15) is 0 Å². The maximum absolute atomic E-state index is 12.6. The number of rotatable bonds is 5. The molecular weight excluding hydrogens is 348 g/mol. The number of hydrogen-bond donors (Lipinski definition) is 1. The van der Waals surface area contributed by atoms with Gasteiger partial charge in [0, 0.05) is 25.1 Å². The molecule has 2 amide bonds. The molecule has 1 atom stereocenters. The van der Waals surface area contributed by atoms with Crippen molar-refractivity contribution in [1.29, 1.82) is 0 Å². The van der Waals surface area contributed by atoms with Crippen LogP contribution in [0.3, 0.4) is 0 Å². The third kappa shape index (κ3) is 4.80. The van der Waals surface area contributed by atoms with Crippen molar-refractivity contribution < 1.29 is 9.59 Å². The second kappa shape index (κ2) is 8.17. The summed E-state index contributed by atoms with van der Waals surface area (Å²) >= 11 is 0. The average molecular weight is 379 g/mol. The van der Waals surface area contributed by atoms with Gasteiger partial charge in [-0.25, -0.2) is 0 Å². The van der Waals surface area contributed by atoms with Gasteiger partial charge in [0.25, 0.3) is 5.91 Å². The normalized spacial score (nSPS) is 15.6. The summed E-state index contributed by atoms with van der Waals surface area (Å²) < 4.78 is 0. The quantitative estimate of drug-likeness (QED) is 0.827. The molecule has 0 radical (unpaired) electrons. The molecule has 3 rings (SSSR count). The van der Waals surface area contributed by atoms with E-state index in [1.54, 1.807) is 0 Å². The van der Waals surface area contributed by atoms with Crippen LogP contribution >= 0.6 is 0 Å². The molecule has 0 aromatic heterocycles. The lowest BCUT2D eigenvalue weighted by Gasteiger charge is -2.21. The molecule has 1 fully saturated rings. The second-order valence-electron chi connectivity index (χ2n) is 8.68. The van der Waals surface area contributed by atoms with E-state index in [-0.39, 0.29) is 23.3 Å². The van der Waals surface area contributed by atoms with E-state index >= 15 is 0 Å². The molecule has 1 aliphatic rings. The van der Waals surface area contributed by atoms with Crippen LogP contribution in [0.1, 0.15) is 73.6 Å². The molecule has 2 aromatic rings. The first kappa shape index (κ1) is 20.1. The first-order valence-electron chi connectivity index (χ1n) is 10.0. The Kier molecular flexibility index (Phi) is 5.87. The minimum atomic E-state index is -0.0869. The van der Waals surface area contributed by atoms with Crippen molar-refractivity contribution in [2.24, 2.45) is 0 Å². The molecule has 1 N–H and O–H groups in total. The topological polar surface area (TPSA) is 49.4 Å². The third-order valence-electron chi connectivity index (χ3n) is 5.39. The Balaban J connectivity index is 1.60. The molecule has 28 heavy (non-hydrogen) atoms. The summed E-state index contributed by atoms with van der Waals surface area (Å²) in [6, 6.07) is 15.9. The number of hydrogen-bond acceptors (Lipinski definition) is 2. The van der Waals surface area contributed by atoms with Gasteiger partial charge in [-0.1, -0.05) is 57.2 Å². The molecule has 4 nitrogen and oxygen atoms in total. The van der Waals surface area contributed by atoms with Crippen molar-refractivity contribution in [1.82, 2.24) is 10.2 Å². The molecule has 1 heterocycles. The highest BCUT2D eigenvalue weighted by atomic mass is 16.2. The van der Waals surface area contributed by atoms with Crippen LogP contribution in [0.2, 0.25) is 0 Å². The van der Waals surface area contributed by atoms with Crippen molar-refractivity contribution >= 4 is 11.8 Å². The Hall–Kier alpha value is -2.62. The Morgan fingerprint density at radius 3 is 2.25 bits per heavy atom. The SMILES string of the molecule is C[C@H](NC(=O)c1ccc(CN2CCCC2=O)cc1)c1ccc(C(C)(C)C)cc1. The summed E-state index contributed by atoms with van der Waals surface area (Å²) in [7, 11) is 0. The highest BCUT2D eigenvalue weighted by Crippen LogP contribution is 2.24. The van der Waals surface area contributed by atoms with E-state index in [1.807, 2.05) is 36.1 Å². The molecule has 0 saturated carbocycles. The largest absolute Gasteiger partial charge is 0.346 e. The molecule has 0 bridgehead atoms. The lowest BCUT2D eigenvalue weighted by atomic mass is 9.86. The predicted molar refractivity (Wildman–Crippen MR) is 112 cm³/mol. The van der Waals surface area contributed by atoms with Crippen LogP contribution in [0.5, 0.6) is 0 Å².